The van der Waals surface area contributed by atoms with Crippen LogP contribution < -0.4 is 21.7 Å². The maximum Gasteiger partial charge on any atom is 0.305 e. The number of nitrogens with one attached hydrogen (secondary N) is 3. The largest absolute Gasteiger partial charge is 0.481 e. The molecule has 7 atom stereocenters. The molecule has 0 radical (unpaired) electrons. The zero-order valence-electron chi connectivity index (χ0n) is 23.4. The summed E-state index contributed by atoms with van der Waals surface area (Å²) in [6.45, 7) is 6.56. The van der Waals surface area contributed by atoms with Crippen molar-refractivity contribution >= 4 is 23.7 Å². The Morgan fingerprint density at radius 1 is 0.800 bits per heavy atom. The third-order valence-corrected chi connectivity index (χ3v) is 6.18. The van der Waals surface area contributed by atoms with Crippen LogP contribution in [-0.2, 0) is 19.2 Å². The summed E-state index contributed by atoms with van der Waals surface area (Å²) in [5, 5.41) is 57.8. The minimum atomic E-state index is -2.24. The summed E-state index contributed by atoms with van der Waals surface area (Å²) < 4.78 is 0. The minimum absolute atomic E-state index is 0.0330. The minimum Gasteiger partial charge on any atom is -0.481 e. The Labute approximate surface area is 234 Å². The molecule has 13 nitrogen and oxygen atoms in total. The highest BCUT2D eigenvalue weighted by Gasteiger charge is 2.37. The van der Waals surface area contributed by atoms with Crippen LogP contribution in [0.3, 0.4) is 0 Å². The fourth-order valence-electron chi connectivity index (χ4n) is 4.07. The predicted octanol–water partition coefficient (Wildman–Crippen LogP) is -1.22. The molecule has 0 unspecified atom stereocenters. The van der Waals surface area contributed by atoms with E-state index in [1.807, 2.05) is 27.7 Å². The molecule has 0 saturated carbocycles. The highest BCUT2D eigenvalue weighted by atomic mass is 16.4. The fourth-order valence-corrected chi connectivity index (χ4v) is 4.07. The van der Waals surface area contributed by atoms with Gasteiger partial charge >= 0.3 is 5.97 Å². The molecule has 0 spiro atoms. The van der Waals surface area contributed by atoms with Crippen LogP contribution in [-0.4, -0.2) is 92.3 Å². The van der Waals surface area contributed by atoms with Crippen molar-refractivity contribution in [1.82, 2.24) is 16.0 Å². The van der Waals surface area contributed by atoms with Crippen molar-refractivity contribution in [2.45, 2.75) is 89.4 Å². The average molecular weight is 569 g/mol. The first-order valence-electron chi connectivity index (χ1n) is 13.3. The molecule has 40 heavy (non-hydrogen) atoms. The number of carbonyl (C=O) groups excluding carboxylic acids is 3. The molecule has 13 heteroatoms. The van der Waals surface area contributed by atoms with Crippen LogP contribution >= 0.6 is 0 Å². The number of hydrogen-bond acceptors (Lipinski definition) is 9. The van der Waals surface area contributed by atoms with Crippen molar-refractivity contribution in [1.29, 1.82) is 0 Å². The van der Waals surface area contributed by atoms with Gasteiger partial charge in [0.25, 0.3) is 5.91 Å². The van der Waals surface area contributed by atoms with Crippen molar-refractivity contribution in [2.75, 3.05) is 6.61 Å². The van der Waals surface area contributed by atoms with Crippen LogP contribution in [0.5, 0.6) is 0 Å². The third kappa shape index (κ3) is 11.6. The summed E-state index contributed by atoms with van der Waals surface area (Å²) in [6, 6.07) is 3.62. The van der Waals surface area contributed by atoms with Gasteiger partial charge in [-0.2, -0.15) is 0 Å². The van der Waals surface area contributed by atoms with E-state index in [1.165, 1.54) is 0 Å². The normalized spacial score (nSPS) is 16.8. The SMILES string of the molecule is CC(C)C[C@H](NC(=O)[C@@H](N)CC(C)C)C(=O)N[C@@H](CO)[C@@H](O)[C@@H](O)[C@H](O)C(=O)N[C@@H](CC(=O)O)c1ccccc1. The zero-order chi connectivity index (χ0) is 30.6. The molecule has 0 aliphatic carbocycles. The fraction of sp³-hybridized carbons (Fsp3) is 0.630. The molecular weight excluding hydrogens is 524 g/mol. The summed E-state index contributed by atoms with van der Waals surface area (Å²) in [5.41, 5.74) is 6.35. The van der Waals surface area contributed by atoms with Crippen LogP contribution in [0.1, 0.15) is 58.6 Å². The molecule has 0 bridgehead atoms. The molecule has 0 saturated heterocycles. The first-order chi connectivity index (χ1) is 18.7. The van der Waals surface area contributed by atoms with Crippen LogP contribution in [0.4, 0.5) is 0 Å². The second kappa shape index (κ2) is 16.9. The number of carbonyl (C=O) groups is 4. The molecule has 1 aromatic rings. The lowest BCUT2D eigenvalue weighted by Crippen LogP contribution is -2.60. The quantitative estimate of drug-likeness (QED) is 0.109. The van der Waals surface area contributed by atoms with Crippen LogP contribution in [0.2, 0.25) is 0 Å². The molecular formula is C27H44N4O9. The lowest BCUT2D eigenvalue weighted by molar-refractivity contribution is -0.145. The Bertz CT molecular complexity index is 961. The second-order valence-electron chi connectivity index (χ2n) is 10.7. The first kappa shape index (κ1) is 34.9. The van der Waals surface area contributed by atoms with Crippen LogP contribution in [0.25, 0.3) is 0 Å². The number of carboxylic acids is 1. The van der Waals surface area contributed by atoms with E-state index in [1.54, 1.807) is 30.3 Å². The standard InChI is InChI=1S/C27H44N4O9/c1-14(2)10-17(28)25(38)30-19(11-15(3)4)26(39)31-20(13-32)22(35)23(36)24(37)27(40)29-18(12-21(33)34)16-8-6-5-7-9-16/h5-9,14-15,17-20,22-24,32,35-37H,10-13,28H2,1-4H3,(H,29,40)(H,30,38)(H,31,39)(H,33,34)/t17-,18-,19-,20-,22+,23+,24-/m0/s1. The van der Waals surface area contributed by atoms with E-state index >= 15 is 0 Å². The van der Waals surface area contributed by atoms with Gasteiger partial charge in [0.1, 0.15) is 18.2 Å². The summed E-state index contributed by atoms with van der Waals surface area (Å²) in [4.78, 5) is 49.4. The zero-order valence-corrected chi connectivity index (χ0v) is 23.4. The Hall–Kier alpha value is -3.10. The topological polar surface area (TPSA) is 232 Å². The Morgan fingerprint density at radius 2 is 1.38 bits per heavy atom. The number of carboxylic acid groups (broad SMARTS) is 1. The molecule has 0 fully saturated rings. The van der Waals surface area contributed by atoms with Crippen LogP contribution in [0, 0.1) is 11.8 Å². The van der Waals surface area contributed by atoms with E-state index in [9.17, 15) is 44.7 Å². The van der Waals surface area contributed by atoms with Crippen molar-refractivity contribution in [3.63, 3.8) is 0 Å². The van der Waals surface area contributed by atoms with Crippen molar-refractivity contribution in [3.8, 4) is 0 Å². The van der Waals surface area contributed by atoms with Crippen molar-refractivity contribution in [3.05, 3.63) is 35.9 Å². The van der Waals surface area contributed by atoms with Gasteiger partial charge in [0, 0.05) is 0 Å². The van der Waals surface area contributed by atoms with E-state index < -0.39 is 79.2 Å². The second-order valence-corrected chi connectivity index (χ2v) is 10.7. The molecule has 0 aromatic heterocycles. The third-order valence-electron chi connectivity index (χ3n) is 6.18. The summed E-state index contributed by atoms with van der Waals surface area (Å²) in [7, 11) is 0. The number of nitrogens with two attached hydrogens (primary N) is 1. The first-order valence-corrected chi connectivity index (χ1v) is 13.3. The Morgan fingerprint density at radius 3 is 1.88 bits per heavy atom. The molecule has 3 amide bonds. The summed E-state index contributed by atoms with van der Waals surface area (Å²) >= 11 is 0. The number of benzene rings is 1. The van der Waals surface area contributed by atoms with Gasteiger partial charge in [-0.15, -0.1) is 0 Å². The van der Waals surface area contributed by atoms with Gasteiger partial charge in [-0.3, -0.25) is 19.2 Å². The number of rotatable bonds is 17. The molecule has 0 aliphatic rings. The number of hydrogen-bond donors (Lipinski definition) is 9. The van der Waals surface area contributed by atoms with Crippen molar-refractivity contribution in [2.24, 2.45) is 17.6 Å². The molecule has 0 aliphatic heterocycles. The smallest absolute Gasteiger partial charge is 0.305 e. The predicted molar refractivity (Wildman–Crippen MR) is 145 cm³/mol. The lowest BCUT2D eigenvalue weighted by Gasteiger charge is -2.31. The van der Waals surface area contributed by atoms with E-state index in [0.717, 1.165) is 0 Å². The van der Waals surface area contributed by atoms with Gasteiger partial charge in [0.2, 0.25) is 11.8 Å². The molecule has 10 N–H and O–H groups in total. The van der Waals surface area contributed by atoms with E-state index in [2.05, 4.69) is 16.0 Å². The summed E-state index contributed by atoms with van der Waals surface area (Å²) in [6.07, 6.45) is -6.33. The Balaban J connectivity index is 2.94. The number of aliphatic carboxylic acids is 1. The molecule has 1 rings (SSSR count). The molecule has 1 aromatic carbocycles. The number of aliphatic hydroxyl groups excluding tert-OH is 4. The van der Waals surface area contributed by atoms with Gasteiger partial charge in [0.05, 0.1) is 31.2 Å². The van der Waals surface area contributed by atoms with Gasteiger partial charge < -0.3 is 47.2 Å². The number of amides is 3. The maximum absolute atomic E-state index is 13.0. The van der Waals surface area contributed by atoms with Gasteiger partial charge in [-0.1, -0.05) is 58.0 Å². The monoisotopic (exact) mass is 568 g/mol. The van der Waals surface area contributed by atoms with E-state index in [-0.39, 0.29) is 18.3 Å². The van der Waals surface area contributed by atoms with Crippen LogP contribution in [0.15, 0.2) is 30.3 Å². The molecule has 226 valence electrons. The maximum atomic E-state index is 13.0. The van der Waals surface area contributed by atoms with E-state index in [4.69, 9.17) is 5.73 Å². The van der Waals surface area contributed by atoms with Gasteiger partial charge in [-0.25, -0.2) is 0 Å². The lowest BCUT2D eigenvalue weighted by atomic mass is 9.97. The van der Waals surface area contributed by atoms with Crippen molar-refractivity contribution < 1.29 is 44.7 Å². The summed E-state index contributed by atoms with van der Waals surface area (Å²) in [5.74, 6) is -3.60. The van der Waals surface area contributed by atoms with Gasteiger partial charge in [-0.05, 0) is 30.2 Å². The number of aliphatic hydroxyl groups is 4. The molecule has 0 heterocycles. The average Bonchev–Trinajstić information content (AvgIpc) is 2.88. The Kier molecular flexibility index (Phi) is 14.7. The van der Waals surface area contributed by atoms with Gasteiger partial charge in [0.15, 0.2) is 6.10 Å². The van der Waals surface area contributed by atoms with E-state index in [0.29, 0.717) is 12.0 Å². The highest BCUT2D eigenvalue weighted by Crippen LogP contribution is 2.18. The highest BCUT2D eigenvalue weighted by molar-refractivity contribution is 5.90.